The molecule has 1 fully saturated rings. The molecule has 1 atom stereocenters. The fourth-order valence-electron chi connectivity index (χ4n) is 4.22. The molecule has 1 N–H and O–H groups in total. The lowest BCUT2D eigenvalue weighted by atomic mass is 9.84. The maximum absolute atomic E-state index is 12.7. The van der Waals surface area contributed by atoms with Crippen molar-refractivity contribution in [2.24, 2.45) is 5.41 Å². The molecule has 3 rings (SSSR count). The van der Waals surface area contributed by atoms with E-state index in [9.17, 15) is 4.79 Å². The first-order valence-corrected chi connectivity index (χ1v) is 10.3. The summed E-state index contributed by atoms with van der Waals surface area (Å²) in [5, 5.41) is 12.1. The number of rotatable bonds is 4. The number of piperidine rings is 1. The highest BCUT2D eigenvalue weighted by Gasteiger charge is 2.33. The number of ether oxygens (including phenoxy) is 2. The lowest BCUT2D eigenvalue weighted by molar-refractivity contribution is -0.0126. The first-order valence-electron chi connectivity index (χ1n) is 9.90. The summed E-state index contributed by atoms with van der Waals surface area (Å²) in [5.74, 6) is 0.699. The van der Waals surface area contributed by atoms with Crippen LogP contribution in [0.25, 0.3) is 0 Å². The maximum atomic E-state index is 12.7. The highest BCUT2D eigenvalue weighted by atomic mass is 35.5. The third-order valence-corrected chi connectivity index (χ3v) is 5.27. The Hall–Kier alpha value is -1.60. The second kappa shape index (κ2) is 8.03. The zero-order valence-corrected chi connectivity index (χ0v) is 18.2. The maximum Gasteiger partial charge on any atom is 0.410 e. The number of amides is 1. The molecule has 0 aromatic carbocycles. The van der Waals surface area contributed by atoms with Crippen LogP contribution in [-0.4, -0.2) is 45.9 Å². The van der Waals surface area contributed by atoms with Gasteiger partial charge in [-0.15, -0.1) is 10.2 Å². The van der Waals surface area contributed by atoms with Crippen molar-refractivity contribution in [3.05, 3.63) is 16.3 Å². The average Bonchev–Trinajstić information content (AvgIpc) is 3.06. The van der Waals surface area contributed by atoms with Crippen molar-refractivity contribution in [3.63, 3.8) is 0 Å². The zero-order valence-electron chi connectivity index (χ0n) is 17.5. The van der Waals surface area contributed by atoms with Gasteiger partial charge in [0.25, 0.3) is 0 Å². The highest BCUT2D eigenvalue weighted by molar-refractivity contribution is 6.30. The quantitative estimate of drug-likeness (QED) is 0.793. The van der Waals surface area contributed by atoms with Crippen LogP contribution in [0.2, 0.25) is 5.15 Å². The first-order chi connectivity index (χ1) is 13.0. The molecule has 1 amide bonds. The molecule has 2 aliphatic heterocycles. The summed E-state index contributed by atoms with van der Waals surface area (Å²) in [4.78, 5) is 14.5. The number of likely N-dealkylation sites (tertiary alicyclic amines) is 1. The van der Waals surface area contributed by atoms with Gasteiger partial charge < -0.3 is 19.7 Å². The second-order valence-electron chi connectivity index (χ2n) is 9.58. The van der Waals surface area contributed by atoms with Gasteiger partial charge in [0.2, 0.25) is 0 Å². The van der Waals surface area contributed by atoms with E-state index in [0.717, 1.165) is 30.4 Å². The molecule has 3 heterocycles. The van der Waals surface area contributed by atoms with Gasteiger partial charge in [-0.3, -0.25) is 0 Å². The molecule has 156 valence electrons. The van der Waals surface area contributed by atoms with Crippen LogP contribution in [0.1, 0.15) is 65.0 Å². The lowest BCUT2D eigenvalue weighted by Crippen LogP contribution is -2.48. The summed E-state index contributed by atoms with van der Waals surface area (Å²) in [7, 11) is 0. The summed E-state index contributed by atoms with van der Waals surface area (Å²) >= 11 is 6.11. The van der Waals surface area contributed by atoms with Crippen molar-refractivity contribution in [1.29, 1.82) is 0 Å². The van der Waals surface area contributed by atoms with Gasteiger partial charge in [-0.1, -0.05) is 32.4 Å². The number of nitrogens with zero attached hydrogens (tertiary/aromatic N) is 3. The number of carbonyl (C=O) groups is 1. The minimum Gasteiger partial charge on any atom is -0.443 e. The summed E-state index contributed by atoms with van der Waals surface area (Å²) in [6.45, 7) is 12.6. The monoisotopic (exact) mass is 410 g/mol. The molecule has 0 bridgehead atoms. The van der Waals surface area contributed by atoms with Crippen LogP contribution in [0.3, 0.4) is 0 Å². The number of nitrogens with one attached hydrogen (secondary N) is 1. The number of halogens is 1. The number of hydrogen-bond acceptors (Lipinski definition) is 6. The Bertz CT molecular complexity index is 733. The van der Waals surface area contributed by atoms with Crippen LogP contribution < -0.4 is 5.32 Å². The van der Waals surface area contributed by atoms with E-state index >= 15 is 0 Å². The van der Waals surface area contributed by atoms with Crippen LogP contribution in [0.4, 0.5) is 10.6 Å². The number of anilines is 1. The summed E-state index contributed by atoms with van der Waals surface area (Å²) in [6.07, 6.45) is 2.41. The van der Waals surface area contributed by atoms with Crippen LogP contribution in [-0.2, 0) is 22.7 Å². The van der Waals surface area contributed by atoms with Crippen LogP contribution >= 0.6 is 11.6 Å². The zero-order chi connectivity index (χ0) is 20.5. The first kappa shape index (κ1) is 21.1. The normalized spacial score (nSPS) is 20.1. The van der Waals surface area contributed by atoms with E-state index in [4.69, 9.17) is 21.1 Å². The largest absolute Gasteiger partial charge is 0.443 e. The predicted octanol–water partition coefficient (Wildman–Crippen LogP) is 4.39. The van der Waals surface area contributed by atoms with Crippen LogP contribution in [0, 0.1) is 5.41 Å². The van der Waals surface area contributed by atoms with Gasteiger partial charge in [0.1, 0.15) is 5.60 Å². The van der Waals surface area contributed by atoms with Crippen LogP contribution in [0.15, 0.2) is 0 Å². The van der Waals surface area contributed by atoms with Crippen molar-refractivity contribution in [2.45, 2.75) is 78.7 Å². The topological polar surface area (TPSA) is 76.6 Å². The van der Waals surface area contributed by atoms with Crippen molar-refractivity contribution in [3.8, 4) is 0 Å². The highest BCUT2D eigenvalue weighted by Crippen LogP contribution is 2.32. The molecule has 7 nitrogen and oxygen atoms in total. The fraction of sp³-hybridized carbons (Fsp3) is 0.750. The van der Waals surface area contributed by atoms with Crippen molar-refractivity contribution >= 4 is 23.5 Å². The Balaban J connectivity index is 1.62. The Morgan fingerprint density at radius 2 is 1.96 bits per heavy atom. The summed E-state index contributed by atoms with van der Waals surface area (Å²) in [6, 6.07) is 0.0900. The summed E-state index contributed by atoms with van der Waals surface area (Å²) in [5.41, 5.74) is 1.45. The standard InChI is InChI=1S/C20H31ClN4O3/c1-19(2,3)12-20(4,5)28-18(26)25-8-6-7-13(9-25)22-17-15-11-27-10-14(15)16(21)23-24-17/h13H,6-12H2,1-5H3,(H,22,24)/t13-/m1/s1. The van der Waals surface area contributed by atoms with Gasteiger partial charge in [-0.25, -0.2) is 4.79 Å². The molecule has 8 heteroatoms. The molecule has 0 spiro atoms. The van der Waals surface area contributed by atoms with Gasteiger partial charge in [0.15, 0.2) is 11.0 Å². The molecular formula is C20H31ClN4O3. The molecule has 0 radical (unpaired) electrons. The van der Waals surface area contributed by atoms with E-state index in [2.05, 4.69) is 36.3 Å². The van der Waals surface area contributed by atoms with Gasteiger partial charge in [0, 0.05) is 30.3 Å². The molecule has 0 unspecified atom stereocenters. The summed E-state index contributed by atoms with van der Waals surface area (Å²) < 4.78 is 11.3. The van der Waals surface area contributed by atoms with Crippen molar-refractivity contribution in [1.82, 2.24) is 15.1 Å². The predicted molar refractivity (Wildman–Crippen MR) is 108 cm³/mol. The van der Waals surface area contributed by atoms with E-state index in [0.29, 0.717) is 37.3 Å². The molecule has 2 aliphatic rings. The number of aromatic nitrogens is 2. The number of hydrogen-bond donors (Lipinski definition) is 1. The lowest BCUT2D eigenvalue weighted by Gasteiger charge is -2.37. The Morgan fingerprint density at radius 1 is 1.25 bits per heavy atom. The van der Waals surface area contributed by atoms with E-state index < -0.39 is 5.60 Å². The molecule has 0 saturated carbocycles. The molecule has 1 saturated heterocycles. The third kappa shape index (κ3) is 5.26. The molecule has 1 aromatic heterocycles. The van der Waals surface area contributed by atoms with E-state index in [1.165, 1.54) is 0 Å². The second-order valence-corrected chi connectivity index (χ2v) is 9.94. The van der Waals surface area contributed by atoms with Gasteiger partial charge in [-0.2, -0.15) is 0 Å². The average molecular weight is 411 g/mol. The van der Waals surface area contributed by atoms with Gasteiger partial charge in [-0.05, 0) is 38.5 Å². The van der Waals surface area contributed by atoms with E-state index in [-0.39, 0.29) is 17.6 Å². The Labute approximate surface area is 172 Å². The molecule has 0 aliphatic carbocycles. The number of carbonyl (C=O) groups excluding carboxylic acids is 1. The van der Waals surface area contributed by atoms with Crippen LogP contribution in [0.5, 0.6) is 0 Å². The molecular weight excluding hydrogens is 380 g/mol. The van der Waals surface area contributed by atoms with Gasteiger partial charge in [0.05, 0.1) is 13.2 Å². The SMILES string of the molecule is CC(C)(C)CC(C)(C)OC(=O)N1CCC[C@@H](Nc2nnc(Cl)c3c2COC3)C1. The molecule has 1 aromatic rings. The third-order valence-electron chi connectivity index (χ3n) is 4.97. The van der Waals surface area contributed by atoms with Gasteiger partial charge >= 0.3 is 6.09 Å². The number of fused-ring (bicyclic) bond motifs is 1. The van der Waals surface area contributed by atoms with Crippen molar-refractivity contribution < 1.29 is 14.3 Å². The minimum absolute atomic E-state index is 0.0888. The van der Waals surface area contributed by atoms with E-state index in [1.54, 1.807) is 4.90 Å². The Kier molecular flexibility index (Phi) is 6.05. The fourth-order valence-corrected chi connectivity index (χ4v) is 4.43. The van der Waals surface area contributed by atoms with E-state index in [1.807, 2.05) is 13.8 Å². The van der Waals surface area contributed by atoms with Crippen molar-refractivity contribution in [2.75, 3.05) is 18.4 Å². The smallest absolute Gasteiger partial charge is 0.410 e. The Morgan fingerprint density at radius 3 is 2.68 bits per heavy atom. The minimum atomic E-state index is -0.504. The molecule has 28 heavy (non-hydrogen) atoms.